The van der Waals surface area contributed by atoms with Crippen molar-refractivity contribution in [2.24, 2.45) is 0 Å². The van der Waals surface area contributed by atoms with E-state index >= 15 is 0 Å². The van der Waals surface area contributed by atoms with Crippen molar-refractivity contribution < 1.29 is 9.66 Å². The Balaban J connectivity index is 3.35. The Bertz CT molecular complexity index is 354. The molecule has 0 aliphatic carbocycles. The van der Waals surface area contributed by atoms with E-state index in [1.165, 1.54) is 19.2 Å². The van der Waals surface area contributed by atoms with E-state index in [-0.39, 0.29) is 21.5 Å². The van der Waals surface area contributed by atoms with Crippen LogP contribution in [0.3, 0.4) is 0 Å². The number of benzene rings is 1. The van der Waals surface area contributed by atoms with Gasteiger partial charge in [-0.05, 0) is 0 Å². The summed E-state index contributed by atoms with van der Waals surface area (Å²) in [5.41, 5.74) is -0.258. The highest BCUT2D eigenvalue weighted by molar-refractivity contribution is 6.36. The summed E-state index contributed by atoms with van der Waals surface area (Å²) in [5, 5.41) is 10.6. The topological polar surface area (TPSA) is 52.4 Å². The Hall–Kier alpha value is -1.00. The Kier molecular flexibility index (Phi) is 2.95. The summed E-state index contributed by atoms with van der Waals surface area (Å²) >= 11 is 11.3. The number of nitro groups is 1. The van der Waals surface area contributed by atoms with Crippen LogP contribution in [0, 0.1) is 10.1 Å². The molecule has 0 aliphatic heterocycles. The van der Waals surface area contributed by atoms with E-state index in [0.717, 1.165) is 0 Å². The highest BCUT2D eigenvalue weighted by Crippen LogP contribution is 2.36. The average Bonchev–Trinajstić information content (AvgIpc) is 2.08. The van der Waals surface area contributed by atoms with Gasteiger partial charge in [-0.1, -0.05) is 23.2 Å². The van der Waals surface area contributed by atoms with Crippen LogP contribution in [-0.2, 0) is 0 Å². The van der Waals surface area contributed by atoms with Crippen LogP contribution >= 0.6 is 23.2 Å². The molecule has 0 fully saturated rings. The molecule has 0 bridgehead atoms. The van der Waals surface area contributed by atoms with E-state index < -0.39 is 4.92 Å². The molecular formula is C7H5Cl2NO3. The first-order chi connectivity index (χ1) is 6.06. The van der Waals surface area contributed by atoms with Gasteiger partial charge in [0, 0.05) is 12.1 Å². The Morgan fingerprint density at radius 1 is 1.46 bits per heavy atom. The van der Waals surface area contributed by atoms with Crippen LogP contribution in [0.15, 0.2) is 12.1 Å². The Morgan fingerprint density at radius 3 is 2.54 bits per heavy atom. The van der Waals surface area contributed by atoms with Crippen molar-refractivity contribution in [1.82, 2.24) is 0 Å². The summed E-state index contributed by atoms with van der Waals surface area (Å²) in [5.74, 6) is 0.195. The van der Waals surface area contributed by atoms with Gasteiger partial charge in [0.1, 0.15) is 5.75 Å². The number of nitro benzene ring substituents is 1. The maximum atomic E-state index is 10.4. The molecule has 1 rings (SSSR count). The van der Waals surface area contributed by atoms with Crippen LogP contribution in [0.5, 0.6) is 5.75 Å². The fraction of sp³-hybridized carbons (Fsp3) is 0.143. The van der Waals surface area contributed by atoms with Gasteiger partial charge in [-0.2, -0.15) is 0 Å². The second-order valence-electron chi connectivity index (χ2n) is 2.20. The quantitative estimate of drug-likeness (QED) is 0.570. The van der Waals surface area contributed by atoms with Gasteiger partial charge in [-0.25, -0.2) is 0 Å². The van der Waals surface area contributed by atoms with Crippen molar-refractivity contribution in [2.45, 2.75) is 0 Å². The van der Waals surface area contributed by atoms with Crippen molar-refractivity contribution >= 4 is 28.9 Å². The molecule has 0 heterocycles. The van der Waals surface area contributed by atoms with Gasteiger partial charge in [0.25, 0.3) is 5.69 Å². The monoisotopic (exact) mass is 221 g/mol. The molecule has 4 nitrogen and oxygen atoms in total. The number of hydrogen-bond donors (Lipinski definition) is 0. The zero-order chi connectivity index (χ0) is 10.0. The van der Waals surface area contributed by atoms with E-state index in [2.05, 4.69) is 0 Å². The zero-order valence-electron chi connectivity index (χ0n) is 6.58. The molecule has 1 aromatic carbocycles. The molecule has 13 heavy (non-hydrogen) atoms. The molecule has 0 aromatic heterocycles. The van der Waals surface area contributed by atoms with Crippen LogP contribution in [0.2, 0.25) is 10.0 Å². The molecule has 0 aliphatic rings. The van der Waals surface area contributed by atoms with Crippen LogP contribution in [-0.4, -0.2) is 12.0 Å². The lowest BCUT2D eigenvalue weighted by Crippen LogP contribution is -1.92. The summed E-state index contributed by atoms with van der Waals surface area (Å²) in [6.45, 7) is 0. The largest absolute Gasteiger partial charge is 0.495 e. The van der Waals surface area contributed by atoms with Crippen LogP contribution in [0.25, 0.3) is 0 Å². The van der Waals surface area contributed by atoms with Gasteiger partial charge in [0.2, 0.25) is 0 Å². The minimum atomic E-state index is -0.614. The standard InChI is InChI=1S/C7H5Cl2NO3/c1-13-6-3-4(8)2-5(7(6)9)10(11)12/h2-3H,1H3. The van der Waals surface area contributed by atoms with Gasteiger partial charge in [0.15, 0.2) is 5.02 Å². The molecule has 0 saturated carbocycles. The molecule has 6 heteroatoms. The average molecular weight is 222 g/mol. The molecule has 70 valence electrons. The number of hydrogen-bond acceptors (Lipinski definition) is 3. The maximum absolute atomic E-state index is 10.4. The maximum Gasteiger partial charge on any atom is 0.293 e. The molecule has 0 amide bonds. The summed E-state index contributed by atoms with van der Waals surface area (Å²) in [4.78, 5) is 9.83. The summed E-state index contributed by atoms with van der Waals surface area (Å²) in [6, 6.07) is 2.59. The lowest BCUT2D eigenvalue weighted by Gasteiger charge is -2.03. The molecule has 0 N–H and O–H groups in total. The summed E-state index contributed by atoms with van der Waals surface area (Å²) in [6.07, 6.45) is 0. The van der Waals surface area contributed by atoms with Crippen LogP contribution < -0.4 is 4.74 Å². The first-order valence-corrected chi connectivity index (χ1v) is 3.99. The molecular weight excluding hydrogens is 217 g/mol. The lowest BCUT2D eigenvalue weighted by atomic mass is 10.3. The molecule has 0 radical (unpaired) electrons. The van der Waals surface area contributed by atoms with Gasteiger partial charge in [-0.3, -0.25) is 10.1 Å². The van der Waals surface area contributed by atoms with E-state index in [0.29, 0.717) is 0 Å². The van der Waals surface area contributed by atoms with Crippen molar-refractivity contribution in [3.8, 4) is 5.75 Å². The Labute approximate surface area is 84.2 Å². The predicted molar refractivity (Wildman–Crippen MR) is 49.7 cm³/mol. The van der Waals surface area contributed by atoms with Crippen LogP contribution in [0.4, 0.5) is 5.69 Å². The van der Waals surface area contributed by atoms with E-state index in [1.807, 2.05) is 0 Å². The number of ether oxygens (including phenoxy) is 1. The fourth-order valence-electron chi connectivity index (χ4n) is 0.832. The fourth-order valence-corrected chi connectivity index (χ4v) is 1.29. The zero-order valence-corrected chi connectivity index (χ0v) is 8.09. The normalized spacial score (nSPS) is 9.77. The Morgan fingerprint density at radius 2 is 2.08 bits per heavy atom. The minimum Gasteiger partial charge on any atom is -0.495 e. The van der Waals surface area contributed by atoms with E-state index in [1.54, 1.807) is 0 Å². The molecule has 0 spiro atoms. The van der Waals surface area contributed by atoms with Crippen LogP contribution in [0.1, 0.15) is 0 Å². The minimum absolute atomic E-state index is 0.0445. The first-order valence-electron chi connectivity index (χ1n) is 3.23. The highest BCUT2D eigenvalue weighted by atomic mass is 35.5. The van der Waals surface area contributed by atoms with Gasteiger partial charge in [-0.15, -0.1) is 0 Å². The first kappa shape index (κ1) is 10.1. The van der Waals surface area contributed by atoms with Gasteiger partial charge in [0.05, 0.1) is 17.1 Å². The molecule has 0 atom stereocenters. The molecule has 0 unspecified atom stereocenters. The van der Waals surface area contributed by atoms with Crippen molar-refractivity contribution in [1.29, 1.82) is 0 Å². The number of nitrogens with zero attached hydrogens (tertiary/aromatic N) is 1. The summed E-state index contributed by atoms with van der Waals surface area (Å²) < 4.78 is 4.80. The molecule has 1 aromatic rings. The van der Waals surface area contributed by atoms with E-state index in [4.69, 9.17) is 27.9 Å². The third-order valence-electron chi connectivity index (χ3n) is 1.40. The SMILES string of the molecule is COc1cc(Cl)cc([N+](=O)[O-])c1Cl. The van der Waals surface area contributed by atoms with Gasteiger partial charge < -0.3 is 4.74 Å². The lowest BCUT2D eigenvalue weighted by molar-refractivity contribution is -0.384. The summed E-state index contributed by atoms with van der Waals surface area (Å²) in [7, 11) is 1.36. The smallest absolute Gasteiger partial charge is 0.293 e. The molecule has 0 saturated heterocycles. The second kappa shape index (κ2) is 3.81. The number of rotatable bonds is 2. The highest BCUT2D eigenvalue weighted by Gasteiger charge is 2.17. The third-order valence-corrected chi connectivity index (χ3v) is 2.00. The van der Waals surface area contributed by atoms with Gasteiger partial charge >= 0.3 is 0 Å². The predicted octanol–water partition coefficient (Wildman–Crippen LogP) is 2.91. The van der Waals surface area contributed by atoms with Crippen molar-refractivity contribution in [3.05, 3.63) is 32.3 Å². The van der Waals surface area contributed by atoms with Crippen molar-refractivity contribution in [3.63, 3.8) is 0 Å². The third kappa shape index (κ3) is 2.02. The van der Waals surface area contributed by atoms with E-state index in [9.17, 15) is 10.1 Å². The van der Waals surface area contributed by atoms with Crippen molar-refractivity contribution in [2.75, 3.05) is 7.11 Å². The number of halogens is 2. The second-order valence-corrected chi connectivity index (χ2v) is 3.01. The number of methoxy groups -OCH3 is 1.